The van der Waals surface area contributed by atoms with Gasteiger partial charge in [-0.3, -0.25) is 4.79 Å². The Balaban J connectivity index is 1.32. The molecule has 1 aromatic carbocycles. The van der Waals surface area contributed by atoms with E-state index in [9.17, 15) is 10.1 Å². The van der Waals surface area contributed by atoms with Crippen molar-refractivity contribution in [1.82, 2.24) is 19.8 Å². The van der Waals surface area contributed by atoms with Crippen LogP contribution in [0.5, 0.6) is 6.01 Å². The molecule has 2 aliphatic heterocycles. The molecular weight excluding hydrogens is 534 g/mol. The number of thiophene rings is 1. The summed E-state index contributed by atoms with van der Waals surface area (Å²) in [7, 11) is 4.20. The molecule has 0 bridgehead atoms. The van der Waals surface area contributed by atoms with E-state index in [-0.39, 0.29) is 23.8 Å². The van der Waals surface area contributed by atoms with Crippen LogP contribution in [0.1, 0.15) is 30.5 Å². The minimum atomic E-state index is -0.222. The topological polar surface area (TPSA) is 88.8 Å². The Hall–Kier alpha value is -3.68. The van der Waals surface area contributed by atoms with Gasteiger partial charge in [0.05, 0.1) is 37.4 Å². The van der Waals surface area contributed by atoms with Gasteiger partial charge in [0.15, 0.2) is 0 Å². The number of amides is 1. The molecule has 2 aromatic heterocycles. The highest BCUT2D eigenvalue weighted by Crippen LogP contribution is 2.46. The molecule has 1 unspecified atom stereocenters. The Morgan fingerprint density at radius 3 is 2.85 bits per heavy atom. The number of carbonyl (C=O) groups is 1. The minimum absolute atomic E-state index is 0.132. The molecule has 0 spiro atoms. The molecule has 6 rings (SSSR count). The molecular formula is C31H37N7O2S. The Morgan fingerprint density at radius 1 is 1.24 bits per heavy atom. The van der Waals surface area contributed by atoms with Gasteiger partial charge >= 0.3 is 6.01 Å². The second-order valence-corrected chi connectivity index (χ2v) is 12.7. The summed E-state index contributed by atoms with van der Waals surface area (Å²) in [4.78, 5) is 31.1. The van der Waals surface area contributed by atoms with Gasteiger partial charge in [-0.2, -0.15) is 15.2 Å². The van der Waals surface area contributed by atoms with Crippen molar-refractivity contribution in [2.45, 2.75) is 38.3 Å². The van der Waals surface area contributed by atoms with Gasteiger partial charge in [0.2, 0.25) is 5.91 Å². The van der Waals surface area contributed by atoms with E-state index in [1.54, 1.807) is 16.2 Å². The molecule has 3 aliphatic rings. The van der Waals surface area contributed by atoms with Crippen LogP contribution in [0, 0.1) is 16.7 Å². The van der Waals surface area contributed by atoms with Crippen molar-refractivity contribution in [2.24, 2.45) is 5.41 Å². The predicted molar refractivity (Wildman–Crippen MR) is 162 cm³/mol. The highest BCUT2D eigenvalue weighted by atomic mass is 32.1. The molecule has 0 radical (unpaired) electrons. The molecule has 1 aliphatic carbocycles. The number of ether oxygens (including phenoxy) is 1. The summed E-state index contributed by atoms with van der Waals surface area (Å²) >= 11 is 1.76. The van der Waals surface area contributed by atoms with Gasteiger partial charge in [-0.25, -0.2) is 0 Å². The third-order valence-corrected chi connectivity index (χ3v) is 9.40. The normalized spacial score (nSPS) is 19.7. The fraction of sp³-hybridized carbons (Fsp3) is 0.484. The zero-order chi connectivity index (χ0) is 28.6. The third-order valence-electron chi connectivity index (χ3n) is 8.52. The Kier molecular flexibility index (Phi) is 7.58. The first kappa shape index (κ1) is 27.5. The van der Waals surface area contributed by atoms with E-state index in [4.69, 9.17) is 14.7 Å². The van der Waals surface area contributed by atoms with Crippen LogP contribution >= 0.6 is 11.3 Å². The maximum Gasteiger partial charge on any atom is 0.318 e. The maximum atomic E-state index is 12.5. The van der Waals surface area contributed by atoms with Crippen molar-refractivity contribution in [1.29, 1.82) is 5.26 Å². The Labute approximate surface area is 245 Å². The number of aromatic nitrogens is 2. The number of nitriles is 1. The second-order valence-electron chi connectivity index (χ2n) is 11.8. The monoisotopic (exact) mass is 571 g/mol. The number of fused-ring (bicyclic) bond motifs is 2. The van der Waals surface area contributed by atoms with Crippen LogP contribution in [0.4, 0.5) is 11.5 Å². The number of anilines is 2. The van der Waals surface area contributed by atoms with Gasteiger partial charge in [-0.1, -0.05) is 12.6 Å². The van der Waals surface area contributed by atoms with Crippen LogP contribution in [0.25, 0.3) is 10.1 Å². The van der Waals surface area contributed by atoms with Crippen LogP contribution in [0.2, 0.25) is 0 Å². The highest BCUT2D eigenvalue weighted by molar-refractivity contribution is 7.17. The Morgan fingerprint density at radius 2 is 2.10 bits per heavy atom. The van der Waals surface area contributed by atoms with Crippen LogP contribution in [0.15, 0.2) is 42.3 Å². The number of piperazine rings is 1. The molecule has 10 heteroatoms. The quantitative estimate of drug-likeness (QED) is 0.355. The average Bonchev–Trinajstić information content (AvgIpc) is 3.55. The summed E-state index contributed by atoms with van der Waals surface area (Å²) in [5.74, 6) is 0.747. The molecule has 1 saturated heterocycles. The lowest BCUT2D eigenvalue weighted by atomic mass is 10.0. The summed E-state index contributed by atoms with van der Waals surface area (Å²) in [6.07, 6.45) is 4.71. The van der Waals surface area contributed by atoms with Crippen molar-refractivity contribution < 1.29 is 9.53 Å². The highest BCUT2D eigenvalue weighted by Gasteiger charge is 2.44. The summed E-state index contributed by atoms with van der Waals surface area (Å²) < 4.78 is 7.64. The number of nitrogens with zero attached hydrogens (tertiary/aromatic N) is 7. The second kappa shape index (κ2) is 11.3. The lowest BCUT2D eigenvalue weighted by Gasteiger charge is -2.42. The van der Waals surface area contributed by atoms with E-state index < -0.39 is 0 Å². The van der Waals surface area contributed by atoms with Crippen LogP contribution < -0.4 is 14.5 Å². The van der Waals surface area contributed by atoms with Crippen LogP contribution in [-0.2, 0) is 17.8 Å². The van der Waals surface area contributed by atoms with E-state index in [0.717, 1.165) is 49.4 Å². The first-order valence-electron chi connectivity index (χ1n) is 14.3. The van der Waals surface area contributed by atoms with Crippen molar-refractivity contribution in [3.63, 3.8) is 0 Å². The molecule has 4 heterocycles. The minimum Gasteiger partial charge on any atom is -0.463 e. The zero-order valence-electron chi connectivity index (χ0n) is 23.9. The van der Waals surface area contributed by atoms with E-state index in [1.807, 2.05) is 0 Å². The molecule has 2 fully saturated rings. The lowest BCUT2D eigenvalue weighted by Crippen LogP contribution is -2.55. The molecule has 1 amide bonds. The van der Waals surface area contributed by atoms with E-state index in [0.29, 0.717) is 38.8 Å². The van der Waals surface area contributed by atoms with Crippen LogP contribution in [-0.4, -0.2) is 85.1 Å². The number of carbonyl (C=O) groups excluding carboxylic acids is 1. The molecule has 214 valence electrons. The molecule has 0 N–H and O–H groups in total. The van der Waals surface area contributed by atoms with Crippen molar-refractivity contribution in [2.75, 3.05) is 63.2 Å². The summed E-state index contributed by atoms with van der Waals surface area (Å²) in [6, 6.07) is 11.2. The first-order valence-corrected chi connectivity index (χ1v) is 15.2. The fourth-order valence-corrected chi connectivity index (χ4v) is 7.13. The Bertz CT molecular complexity index is 1490. The van der Waals surface area contributed by atoms with Crippen molar-refractivity contribution >= 4 is 38.8 Å². The number of hydrogen-bond acceptors (Lipinski definition) is 9. The molecule has 1 atom stereocenters. The van der Waals surface area contributed by atoms with Gasteiger partial charge in [-0.05, 0) is 63.0 Å². The van der Waals surface area contributed by atoms with E-state index in [2.05, 4.69) is 71.1 Å². The van der Waals surface area contributed by atoms with Crippen molar-refractivity contribution in [3.05, 3.63) is 53.6 Å². The summed E-state index contributed by atoms with van der Waals surface area (Å²) in [5.41, 5.74) is 3.52. The molecule has 41 heavy (non-hydrogen) atoms. The molecule has 3 aromatic rings. The molecule has 1 saturated carbocycles. The maximum absolute atomic E-state index is 12.5. The summed E-state index contributed by atoms with van der Waals surface area (Å²) in [6.45, 7) is 8.47. The molecule has 9 nitrogen and oxygen atoms in total. The van der Waals surface area contributed by atoms with E-state index in [1.165, 1.54) is 21.8 Å². The lowest BCUT2D eigenvalue weighted by molar-refractivity contribution is -0.128. The zero-order valence-corrected chi connectivity index (χ0v) is 24.7. The fourth-order valence-electron chi connectivity index (χ4n) is 6.32. The van der Waals surface area contributed by atoms with Gasteiger partial charge in [0.25, 0.3) is 0 Å². The van der Waals surface area contributed by atoms with Gasteiger partial charge in [0, 0.05) is 59.5 Å². The largest absolute Gasteiger partial charge is 0.463 e. The number of rotatable bonds is 9. The number of hydrogen-bond donors (Lipinski definition) is 0. The number of benzene rings is 1. The van der Waals surface area contributed by atoms with Gasteiger partial charge in [0.1, 0.15) is 5.82 Å². The third kappa shape index (κ3) is 5.61. The average molecular weight is 572 g/mol. The summed E-state index contributed by atoms with van der Waals surface area (Å²) in [5, 5.41) is 12.9. The van der Waals surface area contributed by atoms with Crippen LogP contribution in [0.3, 0.4) is 0 Å². The standard InChI is InChI=1S/C31H37N7O2S/c1-4-28(39)38-16-15-37(18-22(38)8-13-32)29-23-9-14-36(26-6-5-7-27-24(26)10-17-41-27)19-25(23)33-30(34-29)40-21-31(11-12-31)20-35(2)3/h4-7,10,17,22H,1,8-9,11-12,14-16,18-21H2,2-3H3. The van der Waals surface area contributed by atoms with Crippen molar-refractivity contribution in [3.8, 4) is 12.1 Å². The SMILES string of the molecule is C=CC(=O)N1CCN(c2nc(OCC3(CN(C)C)CC3)nc3c2CCN(c2cccc4sccc24)C3)CC1CC#N. The van der Waals surface area contributed by atoms with Gasteiger partial charge < -0.3 is 24.3 Å². The predicted octanol–water partition coefficient (Wildman–Crippen LogP) is 4.09. The first-order chi connectivity index (χ1) is 19.9. The van der Waals surface area contributed by atoms with Gasteiger partial charge in [-0.15, -0.1) is 11.3 Å². The van der Waals surface area contributed by atoms with E-state index >= 15 is 0 Å². The smallest absolute Gasteiger partial charge is 0.318 e.